The first-order valence-corrected chi connectivity index (χ1v) is 13.4. The lowest BCUT2D eigenvalue weighted by Crippen LogP contribution is -2.41. The van der Waals surface area contributed by atoms with Gasteiger partial charge in [0, 0.05) is 47.1 Å². The molecule has 0 unspecified atom stereocenters. The van der Waals surface area contributed by atoms with Gasteiger partial charge in [0.25, 0.3) is 11.8 Å². The second-order valence-corrected chi connectivity index (χ2v) is 10.1. The second-order valence-electron chi connectivity index (χ2n) is 9.22. The van der Waals surface area contributed by atoms with Gasteiger partial charge >= 0.3 is 0 Å². The van der Waals surface area contributed by atoms with Crippen LogP contribution in [0, 0.1) is 0 Å². The molecule has 0 saturated carbocycles. The van der Waals surface area contributed by atoms with Crippen molar-refractivity contribution in [2.45, 2.75) is 38.5 Å². The molecule has 37 heavy (non-hydrogen) atoms. The van der Waals surface area contributed by atoms with Crippen molar-refractivity contribution in [3.63, 3.8) is 0 Å². The first-order chi connectivity index (χ1) is 18.0. The number of hydrogen-bond acceptors (Lipinski definition) is 5. The zero-order valence-electron chi connectivity index (χ0n) is 20.6. The number of hydrazine groups is 1. The smallest absolute Gasteiger partial charge is 0.289 e. The molecule has 1 saturated heterocycles. The van der Waals surface area contributed by atoms with Gasteiger partial charge in [0.15, 0.2) is 0 Å². The minimum absolute atomic E-state index is 0.127. The number of thiazole rings is 1. The molecule has 0 radical (unpaired) electrons. The summed E-state index contributed by atoms with van der Waals surface area (Å²) in [5.74, 6) is -0.499. The van der Waals surface area contributed by atoms with Crippen molar-refractivity contribution < 1.29 is 14.4 Å². The van der Waals surface area contributed by atoms with Crippen LogP contribution in [0.25, 0.3) is 10.9 Å². The third-order valence-corrected chi connectivity index (χ3v) is 7.89. The van der Waals surface area contributed by atoms with Crippen molar-refractivity contribution in [2.24, 2.45) is 0 Å². The SMILES string of the molecule is CCc1ccc(C(=O)NNC(=O)c2csc(C3CCN(C(=O)Cc4c[nH]c5ccccc45)CC3)n2)cc1. The predicted molar refractivity (Wildman–Crippen MR) is 143 cm³/mol. The maximum Gasteiger partial charge on any atom is 0.289 e. The van der Waals surface area contributed by atoms with E-state index in [-0.39, 0.29) is 23.4 Å². The summed E-state index contributed by atoms with van der Waals surface area (Å²) >= 11 is 1.44. The first kappa shape index (κ1) is 24.7. The average molecular weight is 516 g/mol. The highest BCUT2D eigenvalue weighted by Crippen LogP contribution is 2.31. The van der Waals surface area contributed by atoms with Gasteiger partial charge in [0.05, 0.1) is 11.4 Å². The molecule has 190 valence electrons. The van der Waals surface area contributed by atoms with E-state index in [2.05, 4.69) is 20.8 Å². The van der Waals surface area contributed by atoms with E-state index in [0.29, 0.717) is 25.1 Å². The van der Waals surface area contributed by atoms with Crippen LogP contribution in [0.3, 0.4) is 0 Å². The van der Waals surface area contributed by atoms with Crippen LogP contribution in [0.1, 0.15) is 62.7 Å². The number of rotatable bonds is 6. The number of carbonyl (C=O) groups excluding carboxylic acids is 3. The highest BCUT2D eigenvalue weighted by atomic mass is 32.1. The Bertz CT molecular complexity index is 1420. The van der Waals surface area contributed by atoms with Crippen molar-refractivity contribution in [1.82, 2.24) is 25.7 Å². The van der Waals surface area contributed by atoms with E-state index in [0.717, 1.165) is 46.3 Å². The molecule has 9 heteroatoms. The third kappa shape index (κ3) is 5.56. The van der Waals surface area contributed by atoms with Crippen LogP contribution in [-0.4, -0.2) is 45.7 Å². The van der Waals surface area contributed by atoms with E-state index >= 15 is 0 Å². The molecule has 3 amide bonds. The number of para-hydroxylation sites is 1. The largest absolute Gasteiger partial charge is 0.361 e. The normalized spacial score (nSPS) is 14.0. The number of benzene rings is 2. The Morgan fingerprint density at radius 3 is 2.51 bits per heavy atom. The summed E-state index contributed by atoms with van der Waals surface area (Å²) in [5, 5.41) is 3.68. The zero-order valence-corrected chi connectivity index (χ0v) is 21.4. The van der Waals surface area contributed by atoms with Crippen molar-refractivity contribution in [3.05, 3.63) is 87.5 Å². The number of likely N-dealkylation sites (tertiary alicyclic amines) is 1. The van der Waals surface area contributed by atoms with Crippen LogP contribution in [0.15, 0.2) is 60.1 Å². The van der Waals surface area contributed by atoms with Crippen LogP contribution < -0.4 is 10.9 Å². The van der Waals surface area contributed by atoms with Gasteiger partial charge in [-0.2, -0.15) is 0 Å². The number of carbonyl (C=O) groups is 3. The van der Waals surface area contributed by atoms with Crippen LogP contribution >= 0.6 is 11.3 Å². The lowest BCUT2D eigenvalue weighted by Gasteiger charge is -2.31. The van der Waals surface area contributed by atoms with E-state index in [1.54, 1.807) is 17.5 Å². The summed E-state index contributed by atoms with van der Waals surface area (Å²) < 4.78 is 0. The number of aromatic amines is 1. The highest BCUT2D eigenvalue weighted by molar-refractivity contribution is 7.09. The molecular weight excluding hydrogens is 486 g/mol. The number of H-pyrrole nitrogens is 1. The molecule has 0 aliphatic carbocycles. The Morgan fingerprint density at radius 2 is 1.76 bits per heavy atom. The van der Waals surface area contributed by atoms with Crippen molar-refractivity contribution in [3.8, 4) is 0 Å². The van der Waals surface area contributed by atoms with Gasteiger partial charge in [-0.15, -0.1) is 11.3 Å². The number of nitrogens with zero attached hydrogens (tertiary/aromatic N) is 2. The van der Waals surface area contributed by atoms with Gasteiger partial charge < -0.3 is 9.88 Å². The topological polar surface area (TPSA) is 107 Å². The van der Waals surface area contributed by atoms with Gasteiger partial charge in [-0.05, 0) is 48.6 Å². The summed E-state index contributed by atoms with van der Waals surface area (Å²) in [6, 6.07) is 15.3. The van der Waals surface area contributed by atoms with Crippen LogP contribution in [0.5, 0.6) is 0 Å². The Morgan fingerprint density at radius 1 is 1.03 bits per heavy atom. The highest BCUT2D eigenvalue weighted by Gasteiger charge is 2.27. The number of aromatic nitrogens is 2. The predicted octanol–water partition coefficient (Wildman–Crippen LogP) is 4.21. The maximum atomic E-state index is 12.9. The van der Waals surface area contributed by atoms with Crippen molar-refractivity contribution in [2.75, 3.05) is 13.1 Å². The molecule has 8 nitrogen and oxygen atoms in total. The van der Waals surface area contributed by atoms with Crippen molar-refractivity contribution in [1.29, 1.82) is 0 Å². The lowest BCUT2D eigenvalue weighted by molar-refractivity contribution is -0.131. The molecule has 2 aromatic heterocycles. The van der Waals surface area contributed by atoms with Gasteiger partial charge in [-0.1, -0.05) is 37.3 Å². The Labute approximate surface area is 219 Å². The van der Waals surface area contributed by atoms with Crippen molar-refractivity contribution >= 4 is 40.0 Å². The second kappa shape index (κ2) is 11.0. The van der Waals surface area contributed by atoms with Gasteiger partial charge in [0.1, 0.15) is 5.69 Å². The average Bonchev–Trinajstić information content (AvgIpc) is 3.60. The molecule has 1 fully saturated rings. The van der Waals surface area contributed by atoms with Gasteiger partial charge in [-0.25, -0.2) is 4.98 Å². The van der Waals surface area contributed by atoms with Crippen LogP contribution in [0.4, 0.5) is 0 Å². The van der Waals surface area contributed by atoms with E-state index in [9.17, 15) is 14.4 Å². The standard InChI is InChI=1S/C28H29N5O3S/c1-2-18-7-9-19(10-8-18)26(35)31-32-27(36)24-17-37-28(30-24)20-11-13-33(14-12-20)25(34)15-21-16-29-23-6-4-3-5-22(21)23/h3-10,16-17,20,29H,2,11-15H2,1H3,(H,31,35)(H,32,36). The third-order valence-electron chi connectivity index (χ3n) is 6.88. The van der Waals surface area contributed by atoms with Crippen LogP contribution in [-0.2, 0) is 17.6 Å². The van der Waals surface area contributed by atoms with E-state index in [1.165, 1.54) is 11.3 Å². The maximum absolute atomic E-state index is 12.9. The summed E-state index contributed by atoms with van der Waals surface area (Å²) in [6.45, 7) is 3.38. The number of nitrogens with one attached hydrogen (secondary N) is 3. The number of piperidine rings is 1. The summed E-state index contributed by atoms with van der Waals surface area (Å²) in [7, 11) is 0. The molecule has 0 spiro atoms. The number of aryl methyl sites for hydroxylation is 1. The quantitative estimate of drug-likeness (QED) is 0.334. The Kier molecular flexibility index (Phi) is 7.32. The Hall–Kier alpha value is -3.98. The molecule has 1 aliphatic rings. The van der Waals surface area contributed by atoms with Crippen LogP contribution in [0.2, 0.25) is 0 Å². The summed E-state index contributed by atoms with van der Waals surface area (Å²) in [6.07, 6.45) is 4.80. The number of fused-ring (bicyclic) bond motifs is 1. The molecule has 3 N–H and O–H groups in total. The fraction of sp³-hybridized carbons (Fsp3) is 0.286. The lowest BCUT2D eigenvalue weighted by atomic mass is 9.97. The fourth-order valence-corrected chi connectivity index (χ4v) is 5.62. The van der Waals surface area contributed by atoms with E-state index < -0.39 is 5.91 Å². The molecule has 0 atom stereocenters. The monoisotopic (exact) mass is 515 g/mol. The molecular formula is C28H29N5O3S. The van der Waals surface area contributed by atoms with E-state index in [4.69, 9.17) is 0 Å². The molecule has 0 bridgehead atoms. The zero-order chi connectivity index (χ0) is 25.8. The Balaban J connectivity index is 1.11. The first-order valence-electron chi connectivity index (χ1n) is 12.5. The summed E-state index contributed by atoms with van der Waals surface area (Å²) in [5.41, 5.74) is 8.85. The minimum Gasteiger partial charge on any atom is -0.361 e. The molecule has 2 aromatic carbocycles. The molecule has 1 aliphatic heterocycles. The van der Waals surface area contributed by atoms with E-state index in [1.807, 2.05) is 54.4 Å². The fourth-order valence-electron chi connectivity index (χ4n) is 4.65. The molecule has 5 rings (SSSR count). The molecule has 3 heterocycles. The molecule has 4 aromatic rings. The summed E-state index contributed by atoms with van der Waals surface area (Å²) in [4.78, 5) is 47.4. The number of hydrogen-bond donors (Lipinski definition) is 3. The van der Waals surface area contributed by atoms with Gasteiger partial charge in [0.2, 0.25) is 5.91 Å². The number of amides is 3. The minimum atomic E-state index is -0.452. The van der Waals surface area contributed by atoms with Gasteiger partial charge in [-0.3, -0.25) is 25.2 Å².